The molecule has 0 aromatic rings. The molecule has 1 saturated heterocycles. The van der Waals surface area contributed by atoms with Crippen LogP contribution in [0, 0.1) is 23.2 Å². The van der Waals surface area contributed by atoms with Crippen LogP contribution in [-0.4, -0.2) is 56.0 Å². The molecular weight excluding hydrogens is 300 g/mol. The van der Waals surface area contributed by atoms with Crippen LogP contribution in [0.3, 0.4) is 0 Å². The van der Waals surface area contributed by atoms with Crippen molar-refractivity contribution in [3.8, 4) is 6.07 Å². The molecule has 2 fully saturated rings. The van der Waals surface area contributed by atoms with E-state index in [0.717, 1.165) is 19.3 Å². The second kappa shape index (κ2) is 8.16. The molecular formula is C16H24N2O5. The van der Waals surface area contributed by atoms with Crippen molar-refractivity contribution < 1.29 is 23.8 Å². The molecule has 2 aliphatic rings. The van der Waals surface area contributed by atoms with Crippen molar-refractivity contribution in [1.82, 2.24) is 4.90 Å². The summed E-state index contributed by atoms with van der Waals surface area (Å²) in [5.41, 5.74) is 0. The molecule has 7 heteroatoms. The van der Waals surface area contributed by atoms with Crippen LogP contribution >= 0.6 is 0 Å². The van der Waals surface area contributed by atoms with Gasteiger partial charge in [0.2, 0.25) is 0 Å². The lowest BCUT2D eigenvalue weighted by atomic mass is 9.72. The molecule has 0 radical (unpaired) electrons. The summed E-state index contributed by atoms with van der Waals surface area (Å²) in [4.78, 5) is 25.7. The lowest BCUT2D eigenvalue weighted by Gasteiger charge is -2.45. The zero-order valence-electron chi connectivity index (χ0n) is 13.7. The van der Waals surface area contributed by atoms with Gasteiger partial charge in [0.25, 0.3) is 0 Å². The summed E-state index contributed by atoms with van der Waals surface area (Å²) >= 11 is 0. The van der Waals surface area contributed by atoms with E-state index in [4.69, 9.17) is 19.5 Å². The quantitative estimate of drug-likeness (QED) is 0.732. The predicted octanol–water partition coefficient (Wildman–Crippen LogP) is 1.72. The molecule has 128 valence electrons. The van der Waals surface area contributed by atoms with E-state index in [1.165, 1.54) is 12.0 Å². The Labute approximate surface area is 136 Å². The summed E-state index contributed by atoms with van der Waals surface area (Å²) in [5, 5.41) is 8.63. The number of likely N-dealkylation sites (tertiary alicyclic amines) is 1. The minimum atomic E-state index is -0.599. The van der Waals surface area contributed by atoms with Crippen LogP contribution in [0.5, 0.6) is 0 Å². The van der Waals surface area contributed by atoms with E-state index in [9.17, 15) is 9.59 Å². The topological polar surface area (TPSA) is 88.9 Å². The molecule has 1 saturated carbocycles. The lowest BCUT2D eigenvalue weighted by Crippen LogP contribution is -2.55. The molecule has 0 unspecified atom stereocenters. The van der Waals surface area contributed by atoms with Gasteiger partial charge in [-0.1, -0.05) is 0 Å². The van der Waals surface area contributed by atoms with E-state index in [-0.39, 0.29) is 25.3 Å². The minimum absolute atomic E-state index is 0.0587. The van der Waals surface area contributed by atoms with Crippen molar-refractivity contribution in [2.24, 2.45) is 11.8 Å². The van der Waals surface area contributed by atoms with Gasteiger partial charge in [-0.25, -0.2) is 9.59 Å². The van der Waals surface area contributed by atoms with Gasteiger partial charge in [-0.15, -0.1) is 0 Å². The monoisotopic (exact) mass is 324 g/mol. The highest BCUT2D eigenvalue weighted by molar-refractivity contribution is 5.81. The maximum atomic E-state index is 12.2. The zero-order valence-corrected chi connectivity index (χ0v) is 13.7. The maximum absolute atomic E-state index is 12.2. The van der Waals surface area contributed by atoms with Crippen molar-refractivity contribution in [3.05, 3.63) is 0 Å². The molecule has 1 aliphatic heterocycles. The largest absolute Gasteiger partial charge is 0.464 e. The van der Waals surface area contributed by atoms with Crippen LogP contribution < -0.4 is 0 Å². The summed E-state index contributed by atoms with van der Waals surface area (Å²) in [7, 11) is 1.32. The second-order valence-corrected chi connectivity index (χ2v) is 6.05. The van der Waals surface area contributed by atoms with E-state index in [1.807, 2.05) is 6.07 Å². The van der Waals surface area contributed by atoms with Gasteiger partial charge in [-0.05, 0) is 44.4 Å². The van der Waals surface area contributed by atoms with Gasteiger partial charge in [0, 0.05) is 6.54 Å². The first kappa shape index (κ1) is 17.5. The molecule has 0 aromatic carbocycles. The molecule has 23 heavy (non-hydrogen) atoms. The number of ether oxygens (including phenoxy) is 3. The summed E-state index contributed by atoms with van der Waals surface area (Å²) < 4.78 is 15.5. The number of hydrogen-bond donors (Lipinski definition) is 0. The Balaban J connectivity index is 2.06. The zero-order chi connectivity index (χ0) is 16.8. The molecule has 7 nitrogen and oxygen atoms in total. The fourth-order valence-corrected chi connectivity index (χ4v) is 3.69. The fraction of sp³-hybridized carbons (Fsp3) is 0.812. The van der Waals surface area contributed by atoms with Crippen LogP contribution in [0.1, 0.15) is 32.6 Å². The summed E-state index contributed by atoms with van der Waals surface area (Å²) in [6, 6.07) is 1.40. The Bertz CT molecular complexity index is 476. The smallest absolute Gasteiger partial charge is 0.410 e. The molecule has 0 spiro atoms. The number of nitriles is 1. The van der Waals surface area contributed by atoms with E-state index in [2.05, 4.69) is 0 Å². The molecule has 0 aromatic heterocycles. The molecule has 1 heterocycles. The van der Waals surface area contributed by atoms with Crippen molar-refractivity contribution in [2.45, 2.75) is 44.8 Å². The van der Waals surface area contributed by atoms with Crippen molar-refractivity contribution in [1.29, 1.82) is 5.26 Å². The Morgan fingerprint density at radius 1 is 1.26 bits per heavy atom. The average Bonchev–Trinajstić information content (AvgIpc) is 2.58. The van der Waals surface area contributed by atoms with Crippen LogP contribution in [0.15, 0.2) is 0 Å². The summed E-state index contributed by atoms with van der Waals surface area (Å²) in [5.74, 6) is 0.251. The second-order valence-electron chi connectivity index (χ2n) is 6.05. The van der Waals surface area contributed by atoms with Crippen LogP contribution in [-0.2, 0) is 19.0 Å². The number of carbonyl (C=O) groups is 2. The van der Waals surface area contributed by atoms with Gasteiger partial charge in [0.1, 0.15) is 12.6 Å². The maximum Gasteiger partial charge on any atom is 0.410 e. The molecule has 1 amide bonds. The molecule has 4 atom stereocenters. The van der Waals surface area contributed by atoms with Crippen LogP contribution in [0.25, 0.3) is 0 Å². The first-order chi connectivity index (χ1) is 11.1. The van der Waals surface area contributed by atoms with Gasteiger partial charge in [-0.2, -0.15) is 5.26 Å². The first-order valence-corrected chi connectivity index (χ1v) is 8.10. The third-order valence-corrected chi connectivity index (χ3v) is 4.78. The van der Waals surface area contributed by atoms with Crippen LogP contribution in [0.4, 0.5) is 4.79 Å². The van der Waals surface area contributed by atoms with Gasteiger partial charge < -0.3 is 14.2 Å². The van der Waals surface area contributed by atoms with Gasteiger partial charge in [-0.3, -0.25) is 4.90 Å². The normalized spacial score (nSPS) is 30.0. The molecule has 0 bridgehead atoms. The van der Waals surface area contributed by atoms with Crippen LogP contribution in [0.2, 0.25) is 0 Å². The fourth-order valence-electron chi connectivity index (χ4n) is 3.69. The first-order valence-electron chi connectivity index (χ1n) is 8.10. The summed E-state index contributed by atoms with van der Waals surface area (Å²) in [6.45, 7) is 2.63. The number of fused-ring (bicyclic) bond motifs is 1. The summed E-state index contributed by atoms with van der Waals surface area (Å²) in [6.07, 6.45) is 2.75. The molecule has 2 rings (SSSR count). The third kappa shape index (κ3) is 4.14. The Hall–Kier alpha value is -1.81. The minimum Gasteiger partial charge on any atom is -0.464 e. The van der Waals surface area contributed by atoms with E-state index in [0.29, 0.717) is 24.8 Å². The number of nitrogens with zero attached hydrogens (tertiary/aromatic N) is 2. The van der Waals surface area contributed by atoms with E-state index in [1.54, 1.807) is 6.92 Å². The Morgan fingerprint density at radius 2 is 2.04 bits per heavy atom. The van der Waals surface area contributed by atoms with Gasteiger partial charge in [0.15, 0.2) is 0 Å². The Kier molecular flexibility index (Phi) is 6.22. The number of rotatable bonds is 4. The molecule has 1 aliphatic carbocycles. The third-order valence-electron chi connectivity index (χ3n) is 4.78. The highest BCUT2D eigenvalue weighted by Crippen LogP contribution is 2.40. The Morgan fingerprint density at radius 3 is 2.70 bits per heavy atom. The van der Waals surface area contributed by atoms with E-state index >= 15 is 0 Å². The van der Waals surface area contributed by atoms with Crippen molar-refractivity contribution in [2.75, 3.05) is 26.9 Å². The number of amides is 1. The lowest BCUT2D eigenvalue weighted by molar-refractivity contribution is -0.153. The number of carbonyl (C=O) groups excluding carboxylic acids is 2. The van der Waals surface area contributed by atoms with Crippen molar-refractivity contribution >= 4 is 12.1 Å². The number of methoxy groups -OCH3 is 1. The number of piperidine rings is 1. The van der Waals surface area contributed by atoms with Gasteiger partial charge >= 0.3 is 12.1 Å². The highest BCUT2D eigenvalue weighted by atomic mass is 16.6. The van der Waals surface area contributed by atoms with Crippen molar-refractivity contribution in [3.63, 3.8) is 0 Å². The highest BCUT2D eigenvalue weighted by Gasteiger charge is 2.44. The number of hydrogen-bond acceptors (Lipinski definition) is 6. The standard InChI is InChI=1S/C16H24N2O5/c1-3-22-15(19)14-9-12-8-13(23-7-6-17)5-4-11(12)10-18(14)16(20)21-2/h11-14H,3-5,7-10H2,1-2H3/t11-,12+,13+,14-/m0/s1. The average molecular weight is 324 g/mol. The number of esters is 1. The predicted molar refractivity (Wildman–Crippen MR) is 80.3 cm³/mol. The molecule has 0 N–H and O–H groups in total. The van der Waals surface area contributed by atoms with Gasteiger partial charge in [0.05, 0.1) is 25.9 Å². The SMILES string of the molecule is CCOC(=O)[C@@H]1C[C@H]2C[C@H](OCC#N)CC[C@H]2CN1C(=O)OC. The van der Waals surface area contributed by atoms with E-state index < -0.39 is 12.1 Å².